The van der Waals surface area contributed by atoms with Crippen molar-refractivity contribution in [2.45, 2.75) is 26.2 Å². The monoisotopic (exact) mass is 321 g/mol. The van der Waals surface area contributed by atoms with E-state index in [2.05, 4.69) is 11.9 Å². The fourth-order valence-corrected chi connectivity index (χ4v) is 4.25. The van der Waals surface area contributed by atoms with Gasteiger partial charge in [-0.25, -0.2) is 4.98 Å². The summed E-state index contributed by atoms with van der Waals surface area (Å²) in [6, 6.07) is 4.02. The molecule has 0 aliphatic carbocycles. The molecule has 2 aromatic rings. The van der Waals surface area contributed by atoms with Crippen molar-refractivity contribution in [1.29, 1.82) is 0 Å². The predicted octanol–water partition coefficient (Wildman–Crippen LogP) is 3.25. The fraction of sp³-hybridized carbons (Fsp3) is 0.467. The summed E-state index contributed by atoms with van der Waals surface area (Å²) in [4.78, 5) is 20.9. The molecule has 4 nitrogen and oxygen atoms in total. The largest absolute Gasteiger partial charge is 0.375 e. The van der Waals surface area contributed by atoms with Gasteiger partial charge in [0.15, 0.2) is 5.13 Å². The van der Waals surface area contributed by atoms with Crippen LogP contribution in [0.15, 0.2) is 17.5 Å². The van der Waals surface area contributed by atoms with Gasteiger partial charge in [0, 0.05) is 18.0 Å². The number of thiazole rings is 1. The Hall–Kier alpha value is -1.40. The summed E-state index contributed by atoms with van der Waals surface area (Å²) in [5.41, 5.74) is 6.73. The Labute approximate surface area is 132 Å². The smallest absolute Gasteiger partial charge is 0.227 e. The van der Waals surface area contributed by atoms with Gasteiger partial charge in [0.2, 0.25) is 5.91 Å². The first-order valence-corrected chi connectivity index (χ1v) is 8.90. The standard InChI is InChI=1S/C15H19N3OS2/c1-10-4-6-18(7-5-10)13(19)9-12-14(17-15(16)21-12)11-3-2-8-20-11/h2-3,8,10H,4-7,9H2,1H3,(H2,16,17). The van der Waals surface area contributed by atoms with Gasteiger partial charge >= 0.3 is 0 Å². The highest BCUT2D eigenvalue weighted by Crippen LogP contribution is 2.33. The van der Waals surface area contributed by atoms with E-state index in [9.17, 15) is 4.79 Å². The summed E-state index contributed by atoms with van der Waals surface area (Å²) < 4.78 is 0. The minimum atomic E-state index is 0.198. The molecule has 1 saturated heterocycles. The van der Waals surface area contributed by atoms with Crippen LogP contribution >= 0.6 is 22.7 Å². The number of amides is 1. The van der Waals surface area contributed by atoms with Crippen molar-refractivity contribution < 1.29 is 4.79 Å². The average molecular weight is 321 g/mol. The van der Waals surface area contributed by atoms with Crippen molar-refractivity contribution >= 4 is 33.7 Å². The highest BCUT2D eigenvalue weighted by molar-refractivity contribution is 7.17. The first kappa shape index (κ1) is 14.5. The second-order valence-electron chi connectivity index (χ2n) is 5.54. The lowest BCUT2D eigenvalue weighted by Gasteiger charge is -2.30. The highest BCUT2D eigenvalue weighted by atomic mass is 32.1. The van der Waals surface area contributed by atoms with Crippen LogP contribution < -0.4 is 5.73 Å². The van der Waals surface area contributed by atoms with Gasteiger partial charge in [-0.3, -0.25) is 4.79 Å². The molecule has 3 rings (SSSR count). The summed E-state index contributed by atoms with van der Waals surface area (Å²) in [7, 11) is 0. The molecule has 1 fully saturated rings. The molecule has 21 heavy (non-hydrogen) atoms. The first-order chi connectivity index (χ1) is 10.1. The van der Waals surface area contributed by atoms with Crippen LogP contribution in [0.3, 0.4) is 0 Å². The molecule has 1 aliphatic heterocycles. The third kappa shape index (κ3) is 3.27. The van der Waals surface area contributed by atoms with Crippen LogP contribution in [0.5, 0.6) is 0 Å². The molecule has 1 amide bonds. The first-order valence-electron chi connectivity index (χ1n) is 7.20. The Morgan fingerprint density at radius 2 is 2.24 bits per heavy atom. The van der Waals surface area contributed by atoms with E-state index in [1.54, 1.807) is 11.3 Å². The SMILES string of the molecule is CC1CCN(C(=O)Cc2sc(N)nc2-c2cccs2)CC1. The molecular weight excluding hydrogens is 302 g/mol. The number of piperidine rings is 1. The van der Waals surface area contributed by atoms with Gasteiger partial charge < -0.3 is 10.6 Å². The highest BCUT2D eigenvalue weighted by Gasteiger charge is 2.23. The van der Waals surface area contributed by atoms with E-state index in [4.69, 9.17) is 5.73 Å². The van der Waals surface area contributed by atoms with Crippen LogP contribution in [-0.2, 0) is 11.2 Å². The van der Waals surface area contributed by atoms with E-state index >= 15 is 0 Å². The minimum Gasteiger partial charge on any atom is -0.375 e. The molecule has 0 atom stereocenters. The molecule has 0 unspecified atom stereocenters. The summed E-state index contributed by atoms with van der Waals surface area (Å²) >= 11 is 3.06. The minimum absolute atomic E-state index is 0.198. The molecule has 3 heterocycles. The van der Waals surface area contributed by atoms with E-state index in [-0.39, 0.29) is 5.91 Å². The quantitative estimate of drug-likeness (QED) is 0.944. The zero-order chi connectivity index (χ0) is 14.8. The van der Waals surface area contributed by atoms with Crippen LogP contribution in [0, 0.1) is 5.92 Å². The Morgan fingerprint density at radius 1 is 1.48 bits per heavy atom. The Morgan fingerprint density at radius 3 is 2.90 bits per heavy atom. The number of hydrogen-bond acceptors (Lipinski definition) is 5. The summed E-state index contributed by atoms with van der Waals surface area (Å²) in [5.74, 6) is 0.929. The van der Waals surface area contributed by atoms with E-state index in [1.165, 1.54) is 11.3 Å². The number of hydrogen-bond donors (Lipinski definition) is 1. The van der Waals surface area contributed by atoms with Gasteiger partial charge in [0.25, 0.3) is 0 Å². The van der Waals surface area contributed by atoms with Gasteiger partial charge in [-0.1, -0.05) is 13.0 Å². The molecule has 0 radical (unpaired) electrons. The zero-order valence-corrected chi connectivity index (χ0v) is 13.7. The molecule has 0 aromatic carbocycles. The summed E-state index contributed by atoms with van der Waals surface area (Å²) in [6.07, 6.45) is 2.62. The molecule has 0 saturated carbocycles. The van der Waals surface area contributed by atoms with Gasteiger partial charge in [-0.15, -0.1) is 22.7 Å². The number of anilines is 1. The van der Waals surface area contributed by atoms with E-state index in [1.807, 2.05) is 22.4 Å². The fourth-order valence-electron chi connectivity index (χ4n) is 2.60. The van der Waals surface area contributed by atoms with Crippen molar-refractivity contribution in [3.8, 4) is 10.6 Å². The normalized spacial score (nSPS) is 16.3. The number of nitrogens with two attached hydrogens (primary N) is 1. The summed E-state index contributed by atoms with van der Waals surface area (Å²) in [5, 5.41) is 2.55. The number of carbonyl (C=O) groups excluding carboxylic acids is 1. The maximum absolute atomic E-state index is 12.5. The predicted molar refractivity (Wildman–Crippen MR) is 88.5 cm³/mol. The Bertz CT molecular complexity index is 613. The lowest BCUT2D eigenvalue weighted by molar-refractivity contribution is -0.131. The molecule has 112 valence electrons. The second-order valence-corrected chi connectivity index (χ2v) is 7.60. The molecule has 2 aromatic heterocycles. The van der Waals surface area contributed by atoms with E-state index in [0.717, 1.165) is 47.3 Å². The number of nitrogen functional groups attached to an aromatic ring is 1. The van der Waals surface area contributed by atoms with Gasteiger partial charge in [0.05, 0.1) is 17.0 Å². The topological polar surface area (TPSA) is 59.2 Å². The molecule has 2 N–H and O–H groups in total. The van der Waals surface area contributed by atoms with Gasteiger partial charge in [-0.2, -0.15) is 0 Å². The molecular formula is C15H19N3OS2. The number of thiophene rings is 1. The molecule has 0 spiro atoms. The van der Waals surface area contributed by atoms with Crippen molar-refractivity contribution in [3.05, 3.63) is 22.4 Å². The lowest BCUT2D eigenvalue weighted by Crippen LogP contribution is -2.38. The zero-order valence-electron chi connectivity index (χ0n) is 12.0. The van der Waals surface area contributed by atoms with Crippen LogP contribution in [0.1, 0.15) is 24.6 Å². The van der Waals surface area contributed by atoms with Crippen molar-refractivity contribution in [1.82, 2.24) is 9.88 Å². The third-order valence-corrected chi connectivity index (χ3v) is 5.68. The summed E-state index contributed by atoms with van der Waals surface area (Å²) in [6.45, 7) is 4.01. The molecule has 0 bridgehead atoms. The second kappa shape index (κ2) is 6.15. The van der Waals surface area contributed by atoms with E-state index in [0.29, 0.717) is 11.6 Å². The number of aromatic nitrogens is 1. The Kier molecular flexibility index (Phi) is 4.26. The van der Waals surface area contributed by atoms with Crippen LogP contribution in [0.25, 0.3) is 10.6 Å². The van der Waals surface area contributed by atoms with Crippen LogP contribution in [0.2, 0.25) is 0 Å². The van der Waals surface area contributed by atoms with Crippen molar-refractivity contribution in [3.63, 3.8) is 0 Å². The average Bonchev–Trinajstić information content (AvgIpc) is 3.09. The molecule has 6 heteroatoms. The van der Waals surface area contributed by atoms with Gasteiger partial charge in [-0.05, 0) is 30.2 Å². The van der Waals surface area contributed by atoms with Crippen LogP contribution in [-0.4, -0.2) is 28.9 Å². The van der Waals surface area contributed by atoms with Crippen molar-refractivity contribution in [2.24, 2.45) is 5.92 Å². The number of carbonyl (C=O) groups is 1. The number of nitrogens with zero attached hydrogens (tertiary/aromatic N) is 2. The molecule has 1 aliphatic rings. The third-order valence-electron chi connectivity index (χ3n) is 3.92. The van der Waals surface area contributed by atoms with Gasteiger partial charge in [0.1, 0.15) is 0 Å². The van der Waals surface area contributed by atoms with Crippen LogP contribution in [0.4, 0.5) is 5.13 Å². The number of rotatable bonds is 3. The number of likely N-dealkylation sites (tertiary alicyclic amines) is 1. The van der Waals surface area contributed by atoms with E-state index < -0.39 is 0 Å². The maximum Gasteiger partial charge on any atom is 0.227 e. The Balaban J connectivity index is 1.74. The van der Waals surface area contributed by atoms with Crippen molar-refractivity contribution in [2.75, 3.05) is 18.8 Å². The maximum atomic E-state index is 12.5. The lowest BCUT2D eigenvalue weighted by atomic mass is 9.99.